The lowest BCUT2D eigenvalue weighted by atomic mass is 10.2. The molecule has 1 fully saturated rings. The first-order valence-electron chi connectivity index (χ1n) is 5.47. The molecule has 6 heteroatoms. The van der Waals surface area contributed by atoms with E-state index in [9.17, 15) is 0 Å². The minimum atomic E-state index is 0.150. The van der Waals surface area contributed by atoms with Gasteiger partial charge in [-0.25, -0.2) is 0 Å². The van der Waals surface area contributed by atoms with Crippen LogP contribution in [0.1, 0.15) is 25.7 Å². The summed E-state index contributed by atoms with van der Waals surface area (Å²) in [6.45, 7) is 0.861. The molecule has 0 spiro atoms. The molecule has 5 nitrogen and oxygen atoms in total. The molecule has 0 atom stereocenters. The molecule has 1 aromatic rings. The fraction of sp³-hybridized carbons (Fsp3) is 0.700. The molecule has 1 heterocycles. The average molecular weight is 243 g/mol. The smallest absolute Gasteiger partial charge is 0.322 e. The largest absolute Gasteiger partial charge is 0.467 e. The van der Waals surface area contributed by atoms with Gasteiger partial charge >= 0.3 is 6.01 Å². The van der Waals surface area contributed by atoms with Gasteiger partial charge in [0.2, 0.25) is 11.2 Å². The Morgan fingerprint density at radius 3 is 2.88 bits per heavy atom. The zero-order chi connectivity index (χ0) is 11.4. The lowest BCUT2D eigenvalue weighted by Crippen LogP contribution is -2.07. The van der Waals surface area contributed by atoms with E-state index in [1.54, 1.807) is 0 Å². The van der Waals surface area contributed by atoms with Crippen LogP contribution >= 0.6 is 11.6 Å². The van der Waals surface area contributed by atoms with Gasteiger partial charge in [-0.3, -0.25) is 0 Å². The van der Waals surface area contributed by atoms with E-state index in [0.29, 0.717) is 5.95 Å². The lowest BCUT2D eigenvalue weighted by molar-refractivity contribution is 0.379. The fourth-order valence-electron chi connectivity index (χ4n) is 1.50. The normalized spacial score (nSPS) is 14.9. The molecule has 0 radical (unpaired) electrons. The molecule has 1 aromatic heterocycles. The summed E-state index contributed by atoms with van der Waals surface area (Å²) in [6.07, 6.45) is 5.20. The highest BCUT2D eigenvalue weighted by molar-refractivity contribution is 6.28. The third kappa shape index (κ3) is 3.48. The van der Waals surface area contributed by atoms with Crippen LogP contribution in [0.2, 0.25) is 5.28 Å². The minimum absolute atomic E-state index is 0.150. The fourth-order valence-corrected chi connectivity index (χ4v) is 1.65. The maximum atomic E-state index is 5.72. The van der Waals surface area contributed by atoms with E-state index in [4.69, 9.17) is 16.3 Å². The second-order valence-electron chi connectivity index (χ2n) is 3.93. The van der Waals surface area contributed by atoms with Gasteiger partial charge in [-0.15, -0.1) is 0 Å². The van der Waals surface area contributed by atoms with Crippen molar-refractivity contribution in [3.05, 3.63) is 5.28 Å². The maximum absolute atomic E-state index is 5.72. The van der Waals surface area contributed by atoms with Crippen LogP contribution in [0, 0.1) is 5.92 Å². The molecular weight excluding hydrogens is 228 g/mol. The summed E-state index contributed by atoms with van der Waals surface area (Å²) in [5.41, 5.74) is 0. The lowest BCUT2D eigenvalue weighted by Gasteiger charge is -2.05. The topological polar surface area (TPSA) is 59.9 Å². The van der Waals surface area contributed by atoms with E-state index in [0.717, 1.165) is 18.9 Å². The van der Waals surface area contributed by atoms with Gasteiger partial charge in [0, 0.05) is 6.54 Å². The standard InChI is InChI=1S/C10H15ClN4O/c1-16-10-14-8(11)13-9(15-10)12-6-2-3-7-4-5-7/h7H,2-6H2,1H3,(H,12,13,14,15). The van der Waals surface area contributed by atoms with Gasteiger partial charge in [-0.2, -0.15) is 15.0 Å². The van der Waals surface area contributed by atoms with E-state index >= 15 is 0 Å². The Hall–Kier alpha value is -1.10. The van der Waals surface area contributed by atoms with Crippen molar-refractivity contribution < 1.29 is 4.74 Å². The summed E-state index contributed by atoms with van der Waals surface area (Å²) in [6, 6.07) is 0.240. The second kappa shape index (κ2) is 5.30. The van der Waals surface area contributed by atoms with E-state index < -0.39 is 0 Å². The Morgan fingerprint density at radius 2 is 2.19 bits per heavy atom. The quantitative estimate of drug-likeness (QED) is 0.775. The molecule has 0 unspecified atom stereocenters. The van der Waals surface area contributed by atoms with Crippen LogP contribution in [0.3, 0.4) is 0 Å². The molecule has 0 saturated heterocycles. The number of aromatic nitrogens is 3. The number of anilines is 1. The van der Waals surface area contributed by atoms with Crippen LogP contribution in [-0.2, 0) is 0 Å². The molecule has 0 amide bonds. The Labute approximate surface area is 99.6 Å². The molecule has 0 aromatic carbocycles. The van der Waals surface area contributed by atoms with Crippen LogP contribution in [0.25, 0.3) is 0 Å². The van der Waals surface area contributed by atoms with E-state index in [1.165, 1.54) is 26.4 Å². The van der Waals surface area contributed by atoms with Crippen LogP contribution < -0.4 is 10.1 Å². The van der Waals surface area contributed by atoms with Crippen LogP contribution in [0.5, 0.6) is 6.01 Å². The van der Waals surface area contributed by atoms with Gasteiger partial charge in [0.15, 0.2) is 0 Å². The summed E-state index contributed by atoms with van der Waals surface area (Å²) >= 11 is 5.72. The minimum Gasteiger partial charge on any atom is -0.467 e. The number of rotatable bonds is 6. The Kier molecular flexibility index (Phi) is 3.77. The van der Waals surface area contributed by atoms with E-state index in [-0.39, 0.29) is 11.3 Å². The maximum Gasteiger partial charge on any atom is 0.322 e. The van der Waals surface area contributed by atoms with Crippen molar-refractivity contribution in [3.8, 4) is 6.01 Å². The number of halogens is 1. The number of methoxy groups -OCH3 is 1. The van der Waals surface area contributed by atoms with Gasteiger partial charge in [0.05, 0.1) is 7.11 Å². The second-order valence-corrected chi connectivity index (χ2v) is 4.27. The Balaban J connectivity index is 1.80. The van der Waals surface area contributed by atoms with Crippen molar-refractivity contribution in [3.63, 3.8) is 0 Å². The van der Waals surface area contributed by atoms with Gasteiger partial charge in [0.1, 0.15) is 0 Å². The van der Waals surface area contributed by atoms with Crippen molar-refractivity contribution in [1.82, 2.24) is 15.0 Å². The van der Waals surface area contributed by atoms with Crippen molar-refractivity contribution in [2.24, 2.45) is 5.92 Å². The first-order chi connectivity index (χ1) is 7.78. The molecular formula is C10H15ClN4O. The van der Waals surface area contributed by atoms with Crippen molar-refractivity contribution in [2.45, 2.75) is 25.7 Å². The van der Waals surface area contributed by atoms with E-state index in [1.807, 2.05) is 0 Å². The summed E-state index contributed by atoms with van der Waals surface area (Å²) in [7, 11) is 1.50. The molecule has 1 aliphatic carbocycles. The molecule has 1 saturated carbocycles. The van der Waals surface area contributed by atoms with Crippen LogP contribution in [-0.4, -0.2) is 28.6 Å². The molecule has 1 N–H and O–H groups in total. The summed E-state index contributed by atoms with van der Waals surface area (Å²) < 4.78 is 4.90. The summed E-state index contributed by atoms with van der Waals surface area (Å²) in [5.74, 6) is 1.44. The number of hydrogen-bond donors (Lipinski definition) is 1. The molecule has 88 valence electrons. The Bertz CT molecular complexity index is 357. The first kappa shape index (κ1) is 11.4. The van der Waals surface area contributed by atoms with Crippen molar-refractivity contribution >= 4 is 17.5 Å². The molecule has 1 aliphatic rings. The zero-order valence-electron chi connectivity index (χ0n) is 9.24. The van der Waals surface area contributed by atoms with Crippen LogP contribution in [0.4, 0.5) is 5.95 Å². The predicted molar refractivity (Wildman–Crippen MR) is 61.8 cm³/mol. The average Bonchev–Trinajstić information content (AvgIpc) is 3.07. The van der Waals surface area contributed by atoms with Crippen molar-refractivity contribution in [2.75, 3.05) is 19.0 Å². The van der Waals surface area contributed by atoms with Gasteiger partial charge in [-0.05, 0) is 30.4 Å². The molecule has 2 rings (SSSR count). The number of nitrogens with zero attached hydrogens (tertiary/aromatic N) is 3. The summed E-state index contributed by atoms with van der Waals surface area (Å²) in [5, 5.41) is 3.27. The van der Waals surface area contributed by atoms with Gasteiger partial charge in [0.25, 0.3) is 0 Å². The van der Waals surface area contributed by atoms with Crippen LogP contribution in [0.15, 0.2) is 0 Å². The molecule has 0 aliphatic heterocycles. The number of hydrogen-bond acceptors (Lipinski definition) is 5. The van der Waals surface area contributed by atoms with E-state index in [2.05, 4.69) is 20.3 Å². The predicted octanol–water partition coefficient (Wildman–Crippen LogP) is 2.14. The third-order valence-electron chi connectivity index (χ3n) is 2.54. The van der Waals surface area contributed by atoms with Crippen molar-refractivity contribution in [1.29, 1.82) is 0 Å². The number of ether oxygens (including phenoxy) is 1. The first-order valence-corrected chi connectivity index (χ1v) is 5.85. The highest BCUT2D eigenvalue weighted by Crippen LogP contribution is 2.33. The van der Waals surface area contributed by atoms with Gasteiger partial charge in [-0.1, -0.05) is 12.8 Å². The number of nitrogens with one attached hydrogen (secondary N) is 1. The SMILES string of the molecule is COc1nc(Cl)nc(NCCCC2CC2)n1. The molecule has 0 bridgehead atoms. The Morgan fingerprint density at radius 1 is 1.38 bits per heavy atom. The third-order valence-corrected chi connectivity index (χ3v) is 2.71. The molecule has 16 heavy (non-hydrogen) atoms. The highest BCUT2D eigenvalue weighted by Gasteiger charge is 2.19. The zero-order valence-corrected chi connectivity index (χ0v) is 10.00. The monoisotopic (exact) mass is 242 g/mol. The van der Waals surface area contributed by atoms with Gasteiger partial charge < -0.3 is 10.1 Å². The summed E-state index contributed by atoms with van der Waals surface area (Å²) in [4.78, 5) is 11.8. The highest BCUT2D eigenvalue weighted by atomic mass is 35.5.